The number of fused-ring (bicyclic) bond motifs is 1. The standard InChI is InChI=1S/C15H15Cl2FN2O2.H2/c1-2-22-15(21)10-8-20-12-7-13(19-5-3-4-16)11(18)6-9(12)14(10)17;/h6-8,19H,2-5H2,1H3;1H. The number of esters is 1. The van der Waals surface area contributed by atoms with Crippen molar-refractivity contribution >= 4 is 45.8 Å². The third-order valence-corrected chi connectivity index (χ3v) is 3.69. The van der Waals surface area contributed by atoms with Gasteiger partial charge in [0.2, 0.25) is 0 Å². The molecule has 1 heterocycles. The Kier molecular flexibility index (Phi) is 5.80. The van der Waals surface area contributed by atoms with Gasteiger partial charge in [-0.2, -0.15) is 0 Å². The maximum atomic E-state index is 14.1. The minimum absolute atomic E-state index is 0. The predicted molar refractivity (Wildman–Crippen MR) is 88.6 cm³/mol. The van der Waals surface area contributed by atoms with E-state index in [1.807, 2.05) is 0 Å². The van der Waals surface area contributed by atoms with Crippen molar-refractivity contribution in [3.63, 3.8) is 0 Å². The molecular formula is C15H17Cl2FN2O2. The summed E-state index contributed by atoms with van der Waals surface area (Å²) in [5, 5.41) is 3.45. The number of hydrogen-bond donors (Lipinski definition) is 1. The number of pyridine rings is 1. The lowest BCUT2D eigenvalue weighted by Crippen LogP contribution is -2.07. The van der Waals surface area contributed by atoms with Crippen LogP contribution in [0.15, 0.2) is 18.3 Å². The molecule has 0 fully saturated rings. The SMILES string of the molecule is CCOC(=O)c1cnc2cc(NCCCCl)c(F)cc2c1Cl.[HH]. The van der Waals surface area contributed by atoms with Gasteiger partial charge in [0.15, 0.2) is 0 Å². The van der Waals surface area contributed by atoms with Crippen LogP contribution in [0.25, 0.3) is 10.9 Å². The average molecular weight is 347 g/mol. The van der Waals surface area contributed by atoms with Crippen molar-refractivity contribution < 1.29 is 15.3 Å². The third-order valence-electron chi connectivity index (χ3n) is 3.01. The molecule has 2 aromatic rings. The molecule has 0 saturated heterocycles. The normalized spacial score (nSPS) is 10.7. The highest BCUT2D eigenvalue weighted by Gasteiger charge is 2.16. The van der Waals surface area contributed by atoms with Crippen molar-refractivity contribution in [3.8, 4) is 0 Å². The van der Waals surface area contributed by atoms with Gasteiger partial charge in [0.25, 0.3) is 0 Å². The quantitative estimate of drug-likeness (QED) is 0.475. The van der Waals surface area contributed by atoms with E-state index in [-0.39, 0.29) is 18.6 Å². The highest BCUT2D eigenvalue weighted by Crippen LogP contribution is 2.30. The van der Waals surface area contributed by atoms with E-state index in [0.29, 0.717) is 29.0 Å². The number of nitrogens with zero attached hydrogens (tertiary/aromatic N) is 1. The van der Waals surface area contributed by atoms with Gasteiger partial charge in [0.05, 0.1) is 28.4 Å². The number of carbonyl (C=O) groups excluding carboxylic acids is 1. The van der Waals surface area contributed by atoms with E-state index in [1.165, 1.54) is 12.3 Å². The van der Waals surface area contributed by atoms with E-state index in [0.717, 1.165) is 6.42 Å². The summed E-state index contributed by atoms with van der Waals surface area (Å²) in [7, 11) is 0. The Morgan fingerprint density at radius 3 is 2.95 bits per heavy atom. The second kappa shape index (κ2) is 7.61. The zero-order valence-electron chi connectivity index (χ0n) is 12.0. The maximum Gasteiger partial charge on any atom is 0.341 e. The molecule has 0 aliphatic carbocycles. The van der Waals surface area contributed by atoms with Crippen LogP contribution in [0.2, 0.25) is 5.02 Å². The zero-order chi connectivity index (χ0) is 16.1. The minimum atomic E-state index is -0.577. The van der Waals surface area contributed by atoms with Crippen LogP contribution < -0.4 is 5.32 Å². The monoisotopic (exact) mass is 346 g/mol. The van der Waals surface area contributed by atoms with E-state index in [9.17, 15) is 9.18 Å². The number of rotatable bonds is 6. The van der Waals surface area contributed by atoms with Gasteiger partial charge in [-0.25, -0.2) is 9.18 Å². The molecular weight excluding hydrogens is 330 g/mol. The van der Waals surface area contributed by atoms with Gasteiger partial charge in [0, 0.05) is 25.4 Å². The number of alkyl halides is 1. The van der Waals surface area contributed by atoms with E-state index in [4.69, 9.17) is 27.9 Å². The van der Waals surface area contributed by atoms with Gasteiger partial charge in [-0.15, -0.1) is 11.6 Å². The summed E-state index contributed by atoms with van der Waals surface area (Å²) < 4.78 is 19.0. The first-order chi connectivity index (χ1) is 10.6. The summed E-state index contributed by atoms with van der Waals surface area (Å²) in [6.45, 7) is 2.48. The van der Waals surface area contributed by atoms with Gasteiger partial charge < -0.3 is 10.1 Å². The van der Waals surface area contributed by atoms with Crippen molar-refractivity contribution in [3.05, 3.63) is 34.7 Å². The predicted octanol–water partition coefficient (Wildman–Crippen LogP) is 4.49. The Morgan fingerprint density at radius 2 is 2.27 bits per heavy atom. The summed E-state index contributed by atoms with van der Waals surface area (Å²) in [6, 6.07) is 2.82. The number of anilines is 1. The van der Waals surface area contributed by atoms with Crippen molar-refractivity contribution in [1.29, 1.82) is 0 Å². The number of benzene rings is 1. The van der Waals surface area contributed by atoms with Crippen LogP contribution in [0.3, 0.4) is 0 Å². The topological polar surface area (TPSA) is 51.2 Å². The molecule has 0 bridgehead atoms. The summed E-state index contributed by atoms with van der Waals surface area (Å²) >= 11 is 11.8. The number of nitrogens with one attached hydrogen (secondary N) is 1. The Bertz CT molecular complexity index is 701. The van der Waals surface area contributed by atoms with Gasteiger partial charge >= 0.3 is 5.97 Å². The van der Waals surface area contributed by atoms with Gasteiger partial charge in [0.1, 0.15) is 5.82 Å². The molecule has 4 nitrogen and oxygen atoms in total. The Balaban J connectivity index is 0.00000264. The summed E-state index contributed by atoms with van der Waals surface area (Å²) in [4.78, 5) is 15.9. The molecule has 0 saturated carbocycles. The zero-order valence-corrected chi connectivity index (χ0v) is 13.5. The fourth-order valence-corrected chi connectivity index (χ4v) is 2.37. The van der Waals surface area contributed by atoms with Gasteiger partial charge in [-0.1, -0.05) is 11.6 Å². The number of hydrogen-bond acceptors (Lipinski definition) is 4. The summed E-state index contributed by atoms with van der Waals surface area (Å²) in [5.41, 5.74) is 0.941. The lowest BCUT2D eigenvalue weighted by molar-refractivity contribution is 0.0526. The molecule has 2 rings (SSSR count). The molecule has 0 aliphatic rings. The lowest BCUT2D eigenvalue weighted by Gasteiger charge is -2.10. The van der Waals surface area contributed by atoms with Crippen LogP contribution in [-0.2, 0) is 4.74 Å². The highest BCUT2D eigenvalue weighted by atomic mass is 35.5. The van der Waals surface area contributed by atoms with Crippen LogP contribution in [0.1, 0.15) is 25.1 Å². The number of carbonyl (C=O) groups is 1. The van der Waals surface area contributed by atoms with Crippen molar-refractivity contribution in [2.45, 2.75) is 13.3 Å². The first-order valence-corrected chi connectivity index (χ1v) is 7.74. The average Bonchev–Trinajstić information content (AvgIpc) is 2.49. The van der Waals surface area contributed by atoms with Crippen molar-refractivity contribution in [2.75, 3.05) is 24.3 Å². The van der Waals surface area contributed by atoms with E-state index in [1.54, 1.807) is 13.0 Å². The fraction of sp³-hybridized carbons (Fsp3) is 0.333. The smallest absolute Gasteiger partial charge is 0.341 e. The summed E-state index contributed by atoms with van der Waals surface area (Å²) in [5.74, 6) is -0.548. The molecule has 0 unspecified atom stereocenters. The molecule has 7 heteroatoms. The number of aromatic nitrogens is 1. The van der Waals surface area contributed by atoms with Crippen LogP contribution in [-0.4, -0.2) is 30.0 Å². The highest BCUT2D eigenvalue weighted by molar-refractivity contribution is 6.38. The van der Waals surface area contributed by atoms with Crippen LogP contribution in [0.4, 0.5) is 10.1 Å². The molecule has 0 spiro atoms. The van der Waals surface area contributed by atoms with Crippen LogP contribution >= 0.6 is 23.2 Å². The minimum Gasteiger partial charge on any atom is -0.462 e. The Labute approximate surface area is 139 Å². The largest absolute Gasteiger partial charge is 0.462 e. The second-order valence-electron chi connectivity index (χ2n) is 4.52. The van der Waals surface area contributed by atoms with Crippen molar-refractivity contribution in [2.24, 2.45) is 0 Å². The van der Waals surface area contributed by atoms with Crippen LogP contribution in [0, 0.1) is 5.82 Å². The van der Waals surface area contributed by atoms with E-state index >= 15 is 0 Å². The first kappa shape index (κ1) is 16.8. The molecule has 1 aromatic carbocycles. The van der Waals surface area contributed by atoms with Crippen LogP contribution in [0.5, 0.6) is 0 Å². The summed E-state index contributed by atoms with van der Waals surface area (Å²) in [6.07, 6.45) is 2.05. The molecule has 0 radical (unpaired) electrons. The van der Waals surface area contributed by atoms with Gasteiger partial charge in [-0.3, -0.25) is 4.98 Å². The second-order valence-corrected chi connectivity index (χ2v) is 5.28. The first-order valence-electron chi connectivity index (χ1n) is 6.83. The molecule has 120 valence electrons. The van der Waals surface area contributed by atoms with Gasteiger partial charge in [-0.05, 0) is 25.5 Å². The van der Waals surface area contributed by atoms with E-state index < -0.39 is 11.8 Å². The number of ether oxygens (including phenoxy) is 1. The molecule has 22 heavy (non-hydrogen) atoms. The molecule has 1 aromatic heterocycles. The fourth-order valence-electron chi connectivity index (χ4n) is 1.96. The third kappa shape index (κ3) is 3.59. The van der Waals surface area contributed by atoms with Crippen molar-refractivity contribution in [1.82, 2.24) is 4.98 Å². The Morgan fingerprint density at radius 1 is 1.50 bits per heavy atom. The maximum absolute atomic E-state index is 14.1. The molecule has 0 aliphatic heterocycles. The van der Waals surface area contributed by atoms with E-state index in [2.05, 4.69) is 10.3 Å². The Hall–Kier alpha value is -1.59. The number of halogens is 3. The lowest BCUT2D eigenvalue weighted by atomic mass is 10.1. The molecule has 0 atom stereocenters. The molecule has 0 amide bonds. The molecule has 1 N–H and O–H groups in total.